The molecule has 0 bridgehead atoms. The van der Waals surface area contributed by atoms with Crippen molar-refractivity contribution in [2.45, 2.75) is 39.3 Å². The van der Waals surface area contributed by atoms with Gasteiger partial charge in [-0.2, -0.15) is 0 Å². The first-order valence-electron chi connectivity index (χ1n) is 6.92. The van der Waals surface area contributed by atoms with Gasteiger partial charge in [-0.15, -0.1) is 5.10 Å². The number of hydrogen-bond acceptors (Lipinski definition) is 5. The summed E-state index contributed by atoms with van der Waals surface area (Å²) >= 11 is 0. The smallest absolute Gasteiger partial charge is 0.305 e. The highest BCUT2D eigenvalue weighted by Crippen LogP contribution is 2.22. The zero-order valence-electron chi connectivity index (χ0n) is 12.5. The molecule has 21 heavy (non-hydrogen) atoms. The maximum Gasteiger partial charge on any atom is 0.305 e. The number of nitrogens with one attached hydrogen (secondary N) is 2. The molecule has 2 heterocycles. The van der Waals surface area contributed by atoms with Gasteiger partial charge in [0.15, 0.2) is 5.69 Å². The van der Waals surface area contributed by atoms with Gasteiger partial charge in [0.2, 0.25) is 0 Å². The summed E-state index contributed by atoms with van der Waals surface area (Å²) in [6, 6.07) is -0.241. The predicted molar refractivity (Wildman–Crippen MR) is 74.9 cm³/mol. The number of aromatic nitrogens is 3. The van der Waals surface area contributed by atoms with Crippen molar-refractivity contribution in [1.82, 2.24) is 25.6 Å². The van der Waals surface area contributed by atoms with Crippen LogP contribution < -0.4 is 10.6 Å². The molecule has 0 radical (unpaired) electrons. The summed E-state index contributed by atoms with van der Waals surface area (Å²) in [7, 11) is 0. The predicted octanol–water partition coefficient (Wildman–Crippen LogP) is 0.0416. The Morgan fingerprint density at radius 1 is 1.52 bits per heavy atom. The van der Waals surface area contributed by atoms with E-state index in [1.807, 2.05) is 20.8 Å². The van der Waals surface area contributed by atoms with Gasteiger partial charge in [-0.25, -0.2) is 4.68 Å². The van der Waals surface area contributed by atoms with Gasteiger partial charge in [0.1, 0.15) is 0 Å². The van der Waals surface area contributed by atoms with Gasteiger partial charge in [0.05, 0.1) is 18.7 Å². The molecule has 1 amide bonds. The summed E-state index contributed by atoms with van der Waals surface area (Å²) in [5.41, 5.74) is -0.149. The number of carbonyl (C=O) groups is 2. The fourth-order valence-electron chi connectivity index (χ4n) is 2.00. The fraction of sp³-hybridized carbons (Fsp3) is 0.692. The Kier molecular flexibility index (Phi) is 4.26. The summed E-state index contributed by atoms with van der Waals surface area (Å²) in [5.74, 6) is -1.34. The topological polar surface area (TPSA) is 109 Å². The van der Waals surface area contributed by atoms with Crippen LogP contribution in [0.2, 0.25) is 0 Å². The summed E-state index contributed by atoms with van der Waals surface area (Å²) in [5, 5.41) is 22.6. The molecule has 0 aliphatic carbocycles. The molecule has 1 unspecified atom stereocenters. The van der Waals surface area contributed by atoms with Crippen LogP contribution in [0.4, 0.5) is 0 Å². The fourth-order valence-corrected chi connectivity index (χ4v) is 2.00. The summed E-state index contributed by atoms with van der Waals surface area (Å²) in [6.45, 7) is 7.29. The molecule has 1 fully saturated rings. The van der Waals surface area contributed by atoms with Gasteiger partial charge in [0.25, 0.3) is 5.91 Å². The lowest BCUT2D eigenvalue weighted by molar-refractivity contribution is -0.138. The van der Waals surface area contributed by atoms with E-state index in [9.17, 15) is 9.59 Å². The minimum Gasteiger partial charge on any atom is -0.481 e. The molecular formula is C13H21N5O3. The maximum atomic E-state index is 12.2. The molecule has 0 spiro atoms. The summed E-state index contributed by atoms with van der Waals surface area (Å²) in [4.78, 5) is 23.1. The van der Waals surface area contributed by atoms with Crippen LogP contribution in [0.15, 0.2) is 6.20 Å². The molecule has 116 valence electrons. The van der Waals surface area contributed by atoms with E-state index in [-0.39, 0.29) is 23.6 Å². The van der Waals surface area contributed by atoms with Crippen LogP contribution in [0.25, 0.3) is 0 Å². The van der Waals surface area contributed by atoms with Crippen LogP contribution in [0.3, 0.4) is 0 Å². The second-order valence-corrected chi connectivity index (χ2v) is 6.39. The van der Waals surface area contributed by atoms with E-state index >= 15 is 0 Å². The number of carbonyl (C=O) groups excluding carboxylic acids is 1. The minimum atomic E-state index is -0.945. The van der Waals surface area contributed by atoms with E-state index in [4.69, 9.17) is 5.11 Å². The van der Waals surface area contributed by atoms with Gasteiger partial charge in [-0.1, -0.05) is 26.0 Å². The zero-order valence-corrected chi connectivity index (χ0v) is 12.5. The molecule has 1 saturated heterocycles. The van der Waals surface area contributed by atoms with Crippen LogP contribution in [-0.2, 0) is 4.79 Å². The Morgan fingerprint density at radius 3 is 2.67 bits per heavy atom. The molecule has 1 aromatic heterocycles. The number of amides is 1. The number of nitrogens with zero attached hydrogens (tertiary/aromatic N) is 3. The molecule has 1 aliphatic rings. The highest BCUT2D eigenvalue weighted by atomic mass is 16.4. The maximum absolute atomic E-state index is 12.2. The third-order valence-corrected chi connectivity index (χ3v) is 3.61. The largest absolute Gasteiger partial charge is 0.481 e. The van der Waals surface area contributed by atoms with Crippen molar-refractivity contribution in [2.24, 2.45) is 5.41 Å². The Hall–Kier alpha value is -1.96. The van der Waals surface area contributed by atoms with Gasteiger partial charge in [0, 0.05) is 19.1 Å². The molecule has 2 rings (SSSR count). The van der Waals surface area contributed by atoms with Crippen molar-refractivity contribution in [3.05, 3.63) is 11.9 Å². The molecule has 1 atom stereocenters. The molecule has 8 nitrogen and oxygen atoms in total. The van der Waals surface area contributed by atoms with Gasteiger partial charge >= 0.3 is 5.97 Å². The van der Waals surface area contributed by atoms with Crippen molar-refractivity contribution in [3.63, 3.8) is 0 Å². The first-order valence-corrected chi connectivity index (χ1v) is 6.92. The summed E-state index contributed by atoms with van der Waals surface area (Å²) in [6.07, 6.45) is 1.47. The van der Waals surface area contributed by atoms with Crippen LogP contribution in [-0.4, -0.2) is 51.1 Å². The van der Waals surface area contributed by atoms with E-state index in [0.717, 1.165) is 13.1 Å². The van der Waals surface area contributed by atoms with Crippen LogP contribution in [0.5, 0.6) is 0 Å². The monoisotopic (exact) mass is 295 g/mol. The lowest BCUT2D eigenvalue weighted by Gasteiger charge is -2.30. The van der Waals surface area contributed by atoms with E-state index in [0.29, 0.717) is 0 Å². The Balaban J connectivity index is 2.04. The molecule has 0 saturated carbocycles. The molecule has 0 aromatic carbocycles. The molecule has 3 N–H and O–H groups in total. The lowest BCUT2D eigenvalue weighted by atomic mass is 9.84. The number of rotatable bonds is 5. The van der Waals surface area contributed by atoms with Gasteiger partial charge in [-0.05, 0) is 5.41 Å². The van der Waals surface area contributed by atoms with Crippen LogP contribution in [0, 0.1) is 5.41 Å². The number of carboxylic acids is 1. The number of aliphatic carboxylic acids is 1. The highest BCUT2D eigenvalue weighted by Gasteiger charge is 2.30. The van der Waals surface area contributed by atoms with Crippen molar-refractivity contribution < 1.29 is 14.7 Å². The van der Waals surface area contributed by atoms with Crippen LogP contribution in [0.1, 0.15) is 43.7 Å². The quantitative estimate of drug-likeness (QED) is 0.707. The van der Waals surface area contributed by atoms with Crippen molar-refractivity contribution in [3.8, 4) is 0 Å². The standard InChI is InChI=1S/C13H21N5O3/c1-13(2,3)10(4-11(19)20)15-12(21)9-7-18(17-16-9)8-5-14-6-8/h7-8,10,14H,4-6H2,1-3H3,(H,15,21)(H,19,20). The molecule has 1 aliphatic heterocycles. The second kappa shape index (κ2) is 5.80. The Labute approximate surface area is 122 Å². The van der Waals surface area contributed by atoms with E-state index in [2.05, 4.69) is 20.9 Å². The van der Waals surface area contributed by atoms with Gasteiger partial charge < -0.3 is 15.7 Å². The third-order valence-electron chi connectivity index (χ3n) is 3.61. The van der Waals surface area contributed by atoms with Crippen molar-refractivity contribution in [2.75, 3.05) is 13.1 Å². The number of hydrogen-bond donors (Lipinski definition) is 3. The summed E-state index contributed by atoms with van der Waals surface area (Å²) < 4.78 is 1.66. The molecule has 1 aromatic rings. The first-order chi connectivity index (χ1) is 9.77. The zero-order chi connectivity index (χ0) is 15.6. The SMILES string of the molecule is CC(C)(C)C(CC(=O)O)NC(=O)c1cn(C2CNC2)nn1. The van der Waals surface area contributed by atoms with E-state index in [1.165, 1.54) is 0 Å². The van der Waals surface area contributed by atoms with Gasteiger partial charge in [-0.3, -0.25) is 9.59 Å². The third kappa shape index (κ3) is 3.78. The van der Waals surface area contributed by atoms with Crippen molar-refractivity contribution in [1.29, 1.82) is 0 Å². The lowest BCUT2D eigenvalue weighted by Crippen LogP contribution is -2.45. The molecule has 8 heteroatoms. The second-order valence-electron chi connectivity index (χ2n) is 6.39. The minimum absolute atomic E-state index is 0.129. The van der Waals surface area contributed by atoms with Crippen molar-refractivity contribution >= 4 is 11.9 Å². The average molecular weight is 295 g/mol. The van der Waals surface area contributed by atoms with Crippen LogP contribution >= 0.6 is 0 Å². The Bertz CT molecular complexity index is 530. The van der Waals surface area contributed by atoms with E-state index in [1.54, 1.807) is 10.9 Å². The normalized spacial score (nSPS) is 17.1. The molecular weight excluding hydrogens is 274 g/mol. The van der Waals surface area contributed by atoms with E-state index < -0.39 is 17.9 Å². The average Bonchev–Trinajstić information content (AvgIpc) is 2.73. The Morgan fingerprint density at radius 2 is 2.19 bits per heavy atom. The first kappa shape index (κ1) is 15.4. The highest BCUT2D eigenvalue weighted by molar-refractivity contribution is 5.92. The number of carboxylic acid groups (broad SMARTS) is 1.